The highest BCUT2D eigenvalue weighted by Gasteiger charge is 2.30. The minimum Gasteiger partial charge on any atom is -0.481 e. The molecule has 3 amide bonds. The Balaban J connectivity index is 1.27. The molecule has 3 unspecified atom stereocenters. The third-order valence-corrected chi connectivity index (χ3v) is 15.2. The van der Waals surface area contributed by atoms with E-state index in [1.165, 1.54) is 0 Å². The molecule has 3 heterocycles. The Bertz CT molecular complexity index is 2710. The molecule has 3 atom stereocenters. The standard InChI is InChI=1S/C57H88N14O20/c72-44(58-19-9-8-11-42(52(87)88)60-57(91)61-43(53(89)90)17-18-45(73)74)12-7-5-3-1-2-4-6-10-20-65-25-28-69(29-26-65)55-62-54(63-56(64-55)71(37-50(83)84)38-51(85)86)59-40-15-13-39(14-16-40)31-41-32-68(35-48(79)80)24-23-66(33-46(75)76)21-22-67(34-47(77)78)27-30-70(41)36-49(81)82/h13-16,41-43H,1-12,17-38H2,(H,58,72)(H,73,74)(H,75,76)(H,77,78)(H,79,80)(H,81,82)(H,83,84)(H,85,86)(H,87,88)(H,89,90)(H2,60,61,91)(H,59,62,63,64). The van der Waals surface area contributed by atoms with Crippen LogP contribution in [0.1, 0.15) is 95.5 Å². The second-order valence-electron chi connectivity index (χ2n) is 22.5. The van der Waals surface area contributed by atoms with Crippen molar-refractivity contribution in [1.82, 2.24) is 55.4 Å². The van der Waals surface area contributed by atoms with E-state index in [-0.39, 0.29) is 102 Å². The molecule has 1 aromatic carbocycles. The van der Waals surface area contributed by atoms with Gasteiger partial charge >= 0.3 is 59.8 Å². The third kappa shape index (κ3) is 31.1. The van der Waals surface area contributed by atoms with E-state index < -0.39 is 110 Å². The van der Waals surface area contributed by atoms with E-state index >= 15 is 0 Å². The van der Waals surface area contributed by atoms with Crippen molar-refractivity contribution in [3.05, 3.63) is 29.8 Å². The van der Waals surface area contributed by atoms with Gasteiger partial charge in [0.15, 0.2) is 0 Å². The van der Waals surface area contributed by atoms with Crippen LogP contribution in [0, 0.1) is 0 Å². The zero-order valence-electron chi connectivity index (χ0n) is 51.1. The summed E-state index contributed by atoms with van der Waals surface area (Å²) >= 11 is 0. The average Bonchev–Trinajstić information content (AvgIpc) is 1.14. The number of amides is 3. The molecular weight excluding hydrogens is 1200 g/mol. The summed E-state index contributed by atoms with van der Waals surface area (Å²) in [5.41, 5.74) is 1.18. The number of carbonyl (C=O) groups is 11. The molecule has 0 spiro atoms. The van der Waals surface area contributed by atoms with Gasteiger partial charge in [-0.15, -0.1) is 0 Å². The number of nitrogens with zero attached hydrogens (tertiary/aromatic N) is 10. The summed E-state index contributed by atoms with van der Waals surface area (Å²) in [5.74, 6) is -11.3. The topological polar surface area (TPSA) is 479 Å². The zero-order valence-corrected chi connectivity index (χ0v) is 51.1. The zero-order chi connectivity index (χ0) is 66.8. The molecule has 4 rings (SSSR count). The molecule has 91 heavy (non-hydrogen) atoms. The van der Waals surface area contributed by atoms with Crippen LogP contribution in [-0.2, 0) is 54.4 Å². The van der Waals surface area contributed by atoms with Gasteiger partial charge in [0.25, 0.3) is 0 Å². The van der Waals surface area contributed by atoms with Crippen molar-refractivity contribution in [1.29, 1.82) is 0 Å². The Kier molecular flexibility index (Phi) is 33.1. The number of hydrogen-bond donors (Lipinski definition) is 13. The predicted molar refractivity (Wildman–Crippen MR) is 324 cm³/mol. The molecule has 0 saturated carbocycles. The smallest absolute Gasteiger partial charge is 0.326 e. The van der Waals surface area contributed by atoms with Crippen LogP contribution in [0.15, 0.2) is 24.3 Å². The van der Waals surface area contributed by atoms with Gasteiger partial charge in [-0.3, -0.25) is 62.9 Å². The minimum atomic E-state index is -1.51. The van der Waals surface area contributed by atoms with Crippen LogP contribution in [0.3, 0.4) is 0 Å². The summed E-state index contributed by atoms with van der Waals surface area (Å²) < 4.78 is 0. The van der Waals surface area contributed by atoms with Crippen molar-refractivity contribution >= 4 is 89.2 Å². The highest BCUT2D eigenvalue weighted by atomic mass is 16.4. The maximum absolute atomic E-state index is 12.4. The number of unbranched alkanes of at least 4 members (excludes halogenated alkanes) is 8. The van der Waals surface area contributed by atoms with Crippen LogP contribution in [0.5, 0.6) is 0 Å². The normalized spacial score (nSPS) is 16.4. The second kappa shape index (κ2) is 40.2. The Hall–Kier alpha value is -8.60. The maximum atomic E-state index is 12.4. The van der Waals surface area contributed by atoms with Crippen LogP contribution < -0.4 is 31.1 Å². The van der Waals surface area contributed by atoms with E-state index in [2.05, 4.69) is 41.1 Å². The molecule has 2 saturated heterocycles. The number of carbonyl (C=O) groups excluding carboxylic acids is 2. The molecule has 0 aliphatic carbocycles. The van der Waals surface area contributed by atoms with E-state index in [9.17, 15) is 93.6 Å². The van der Waals surface area contributed by atoms with Gasteiger partial charge in [0.1, 0.15) is 25.2 Å². The van der Waals surface area contributed by atoms with Crippen molar-refractivity contribution in [3.8, 4) is 0 Å². The molecule has 34 heteroatoms. The lowest BCUT2D eigenvalue weighted by molar-refractivity contribution is -0.142. The average molecular weight is 1290 g/mol. The van der Waals surface area contributed by atoms with E-state index in [1.54, 1.807) is 43.9 Å². The number of aromatic nitrogens is 3. The number of urea groups is 1. The Labute approximate surface area is 525 Å². The van der Waals surface area contributed by atoms with Crippen LogP contribution >= 0.6 is 0 Å². The molecule has 0 radical (unpaired) electrons. The number of rotatable bonds is 41. The predicted octanol–water partition coefficient (Wildman–Crippen LogP) is 0.0517. The molecule has 2 fully saturated rings. The number of carboxylic acid groups (broad SMARTS) is 9. The number of hydrogen-bond acceptors (Lipinski definition) is 22. The number of nitrogens with one attached hydrogen (secondary N) is 4. The quantitative estimate of drug-likeness (QED) is 0.0391. The maximum Gasteiger partial charge on any atom is 0.326 e. The molecule has 13 N–H and O–H groups in total. The number of aliphatic carboxylic acids is 9. The van der Waals surface area contributed by atoms with Gasteiger partial charge in [0.2, 0.25) is 23.8 Å². The van der Waals surface area contributed by atoms with Gasteiger partial charge in [-0.05, 0) is 69.2 Å². The largest absolute Gasteiger partial charge is 0.481 e. The number of piperazine rings is 1. The van der Waals surface area contributed by atoms with Crippen molar-refractivity contribution in [3.63, 3.8) is 0 Å². The van der Waals surface area contributed by atoms with Gasteiger partial charge in [-0.1, -0.05) is 50.7 Å². The van der Waals surface area contributed by atoms with Gasteiger partial charge in [0.05, 0.1) is 26.2 Å². The monoisotopic (exact) mass is 1290 g/mol. The first-order chi connectivity index (χ1) is 43.3. The van der Waals surface area contributed by atoms with E-state index in [0.717, 1.165) is 56.4 Å². The summed E-state index contributed by atoms with van der Waals surface area (Å²) in [6.07, 6.45) is 8.17. The molecular formula is C57H88N14O20. The van der Waals surface area contributed by atoms with Crippen LogP contribution in [0.4, 0.5) is 28.3 Å². The molecule has 34 nitrogen and oxygen atoms in total. The highest BCUT2D eigenvalue weighted by molar-refractivity contribution is 5.86. The van der Waals surface area contributed by atoms with E-state index in [0.29, 0.717) is 69.7 Å². The molecule has 1 aromatic heterocycles. The third-order valence-electron chi connectivity index (χ3n) is 15.2. The summed E-state index contributed by atoms with van der Waals surface area (Å²) in [6, 6.07) is 2.43. The summed E-state index contributed by atoms with van der Waals surface area (Å²) in [7, 11) is 0. The van der Waals surface area contributed by atoms with Crippen LogP contribution in [0.25, 0.3) is 0 Å². The summed E-state index contributed by atoms with van der Waals surface area (Å²) in [6.45, 7) is 1.35. The fourth-order valence-corrected chi connectivity index (χ4v) is 10.5. The van der Waals surface area contributed by atoms with Crippen molar-refractivity contribution in [2.24, 2.45) is 0 Å². The van der Waals surface area contributed by atoms with Gasteiger partial charge < -0.3 is 77.0 Å². The SMILES string of the molecule is O=C(O)CCC(NC(=O)NC(CCCCNC(=O)CCCCCCCCCCN1CCN(c2nc(Nc3ccc(CC4CN(CC(=O)O)CCN(CC(=O)O)CCN(CC(=O)O)CCN4CC(=O)O)cc3)nc(N(CC(=O)O)CC(=O)O)n2)CC1)C(=O)O)C(=O)O. The molecule has 2 aliphatic heterocycles. The Morgan fingerprint density at radius 2 is 1.00 bits per heavy atom. The Morgan fingerprint density at radius 3 is 1.54 bits per heavy atom. The Morgan fingerprint density at radius 1 is 0.495 bits per heavy atom. The number of anilines is 4. The van der Waals surface area contributed by atoms with Gasteiger partial charge in [-0.25, -0.2) is 14.4 Å². The van der Waals surface area contributed by atoms with E-state index in [4.69, 9.17) is 5.11 Å². The fraction of sp³-hybridized carbons (Fsp3) is 0.649. The second-order valence-corrected chi connectivity index (χ2v) is 22.5. The first-order valence-electron chi connectivity index (χ1n) is 30.4. The van der Waals surface area contributed by atoms with Crippen LogP contribution in [-0.4, -0.2) is 294 Å². The summed E-state index contributed by atoms with van der Waals surface area (Å²) in [5, 5.41) is 96.3. The minimum absolute atomic E-state index is 0.00677. The lowest BCUT2D eigenvalue weighted by atomic mass is 10.0. The highest BCUT2D eigenvalue weighted by Crippen LogP contribution is 2.23. The lowest BCUT2D eigenvalue weighted by Gasteiger charge is -2.37. The number of carboxylic acids is 9. The van der Waals surface area contributed by atoms with Crippen molar-refractivity contribution in [2.45, 2.75) is 114 Å². The van der Waals surface area contributed by atoms with Crippen LogP contribution in [0.2, 0.25) is 0 Å². The first-order valence-corrected chi connectivity index (χ1v) is 30.4. The van der Waals surface area contributed by atoms with E-state index in [1.807, 2.05) is 4.90 Å². The molecule has 506 valence electrons. The molecule has 2 aliphatic rings. The van der Waals surface area contributed by atoms with Gasteiger partial charge in [-0.2, -0.15) is 15.0 Å². The summed E-state index contributed by atoms with van der Waals surface area (Å²) in [4.78, 5) is 156. The van der Waals surface area contributed by atoms with Gasteiger partial charge in [0, 0.05) is 103 Å². The first kappa shape index (κ1) is 74.9. The van der Waals surface area contributed by atoms with Crippen molar-refractivity contribution < 1.29 is 98.7 Å². The fourth-order valence-electron chi connectivity index (χ4n) is 10.5. The van der Waals surface area contributed by atoms with Crippen molar-refractivity contribution in [2.75, 3.05) is 139 Å². The number of benzene rings is 1. The molecule has 0 bridgehead atoms. The molecule has 2 aromatic rings. The lowest BCUT2D eigenvalue weighted by Crippen LogP contribution is -2.53.